The first-order valence-electron chi connectivity index (χ1n) is 6.76. The van der Waals surface area contributed by atoms with Crippen LogP contribution in [0.1, 0.15) is 44.8 Å². The van der Waals surface area contributed by atoms with Crippen molar-refractivity contribution in [3.05, 3.63) is 22.4 Å². The van der Waals surface area contributed by atoms with E-state index in [0.29, 0.717) is 13.2 Å². The zero-order valence-corrected chi connectivity index (χ0v) is 12.2. The molecule has 0 aliphatic rings. The molecule has 2 N–H and O–H groups in total. The molecular weight excluding hydrogens is 246 g/mol. The molecule has 0 spiro atoms. The molecule has 1 heterocycles. The standard InChI is InChI=1S/C14H25NO2S/c1-3-5-7-16-8-9-17-14(13(15)4-2)12-6-10-18-11-12/h6,10-11,13-14H,3-5,7-9,15H2,1-2H3. The van der Waals surface area contributed by atoms with Crippen molar-refractivity contribution in [3.63, 3.8) is 0 Å². The highest BCUT2D eigenvalue weighted by Crippen LogP contribution is 2.24. The van der Waals surface area contributed by atoms with Crippen molar-refractivity contribution in [3.8, 4) is 0 Å². The van der Waals surface area contributed by atoms with Gasteiger partial charge >= 0.3 is 0 Å². The zero-order chi connectivity index (χ0) is 13.2. The normalized spacial score (nSPS) is 14.6. The van der Waals surface area contributed by atoms with Crippen molar-refractivity contribution in [2.45, 2.75) is 45.3 Å². The Labute approximate surface area is 114 Å². The molecule has 0 aliphatic carbocycles. The van der Waals surface area contributed by atoms with Crippen molar-refractivity contribution in [1.29, 1.82) is 0 Å². The molecule has 0 aliphatic heterocycles. The fourth-order valence-corrected chi connectivity index (χ4v) is 2.38. The molecule has 0 aromatic carbocycles. The molecule has 1 aromatic heterocycles. The van der Waals surface area contributed by atoms with Crippen LogP contribution in [0.15, 0.2) is 16.8 Å². The summed E-state index contributed by atoms with van der Waals surface area (Å²) in [5, 5.41) is 4.17. The smallest absolute Gasteiger partial charge is 0.0984 e. The molecule has 104 valence electrons. The van der Waals surface area contributed by atoms with Gasteiger partial charge in [-0.1, -0.05) is 20.3 Å². The molecule has 0 amide bonds. The Balaban J connectivity index is 2.30. The first-order chi connectivity index (χ1) is 8.79. The van der Waals surface area contributed by atoms with Crippen LogP contribution in [0.3, 0.4) is 0 Å². The lowest BCUT2D eigenvalue weighted by Crippen LogP contribution is -2.30. The Morgan fingerprint density at radius 3 is 2.72 bits per heavy atom. The van der Waals surface area contributed by atoms with E-state index in [1.807, 2.05) is 0 Å². The number of ether oxygens (including phenoxy) is 2. The van der Waals surface area contributed by atoms with Gasteiger partial charge in [-0.3, -0.25) is 0 Å². The molecule has 1 rings (SSSR count). The van der Waals surface area contributed by atoms with Gasteiger partial charge in [0.05, 0.1) is 19.3 Å². The minimum absolute atomic E-state index is 0.00368. The SMILES string of the molecule is CCCCOCCOC(c1ccsc1)C(N)CC. The molecule has 0 fully saturated rings. The number of thiophene rings is 1. The molecule has 0 radical (unpaired) electrons. The number of nitrogens with two attached hydrogens (primary N) is 1. The topological polar surface area (TPSA) is 44.5 Å². The molecule has 2 unspecified atom stereocenters. The van der Waals surface area contributed by atoms with Gasteiger partial charge in [0, 0.05) is 12.6 Å². The summed E-state index contributed by atoms with van der Waals surface area (Å²) in [6.07, 6.45) is 3.19. The van der Waals surface area contributed by atoms with Gasteiger partial charge in [0.15, 0.2) is 0 Å². The van der Waals surface area contributed by atoms with Crippen LogP contribution in [0.25, 0.3) is 0 Å². The average Bonchev–Trinajstić information content (AvgIpc) is 2.91. The number of hydrogen-bond acceptors (Lipinski definition) is 4. The van der Waals surface area contributed by atoms with Gasteiger partial charge in [-0.25, -0.2) is 0 Å². The summed E-state index contributed by atoms with van der Waals surface area (Å²) in [6, 6.07) is 2.14. The molecule has 0 saturated heterocycles. The lowest BCUT2D eigenvalue weighted by atomic mass is 10.0. The highest BCUT2D eigenvalue weighted by molar-refractivity contribution is 7.07. The number of unbranched alkanes of at least 4 members (excludes halogenated alkanes) is 1. The van der Waals surface area contributed by atoms with E-state index in [4.69, 9.17) is 15.2 Å². The summed E-state index contributed by atoms with van der Waals surface area (Å²) in [7, 11) is 0. The van der Waals surface area contributed by atoms with E-state index < -0.39 is 0 Å². The maximum Gasteiger partial charge on any atom is 0.0984 e. The largest absolute Gasteiger partial charge is 0.379 e. The highest BCUT2D eigenvalue weighted by Gasteiger charge is 2.19. The Bertz CT molecular complexity index is 290. The first-order valence-corrected chi connectivity index (χ1v) is 7.70. The van der Waals surface area contributed by atoms with E-state index >= 15 is 0 Å². The minimum atomic E-state index is -0.00368. The maximum absolute atomic E-state index is 6.11. The predicted molar refractivity (Wildman–Crippen MR) is 77.0 cm³/mol. The molecule has 18 heavy (non-hydrogen) atoms. The predicted octanol–water partition coefficient (Wildman–Crippen LogP) is 3.36. The van der Waals surface area contributed by atoms with Crippen molar-refractivity contribution in [2.24, 2.45) is 5.73 Å². The van der Waals surface area contributed by atoms with Crippen LogP contribution >= 0.6 is 11.3 Å². The Morgan fingerprint density at radius 1 is 1.28 bits per heavy atom. The van der Waals surface area contributed by atoms with Gasteiger partial charge in [-0.15, -0.1) is 0 Å². The third-order valence-corrected chi connectivity index (χ3v) is 3.60. The third-order valence-electron chi connectivity index (χ3n) is 2.90. The molecule has 2 atom stereocenters. The Kier molecular flexibility index (Phi) is 8.25. The third kappa shape index (κ3) is 5.48. The average molecular weight is 271 g/mol. The summed E-state index contributed by atoms with van der Waals surface area (Å²) < 4.78 is 11.4. The second kappa shape index (κ2) is 9.50. The summed E-state index contributed by atoms with van der Waals surface area (Å²) in [5.74, 6) is 0. The summed E-state index contributed by atoms with van der Waals surface area (Å²) >= 11 is 1.68. The Morgan fingerprint density at radius 2 is 2.11 bits per heavy atom. The lowest BCUT2D eigenvalue weighted by Gasteiger charge is -2.22. The van der Waals surface area contributed by atoms with Crippen LogP contribution in [-0.2, 0) is 9.47 Å². The van der Waals surface area contributed by atoms with Crippen molar-refractivity contribution >= 4 is 11.3 Å². The quantitative estimate of drug-likeness (QED) is 0.664. The van der Waals surface area contributed by atoms with Crippen molar-refractivity contribution in [2.75, 3.05) is 19.8 Å². The summed E-state index contributed by atoms with van der Waals surface area (Å²) in [6.45, 7) is 6.33. The lowest BCUT2D eigenvalue weighted by molar-refractivity contribution is -0.00803. The number of rotatable bonds is 10. The molecule has 3 nitrogen and oxygen atoms in total. The van der Waals surface area contributed by atoms with Gasteiger partial charge in [0.1, 0.15) is 0 Å². The van der Waals surface area contributed by atoms with Crippen molar-refractivity contribution < 1.29 is 9.47 Å². The fourth-order valence-electron chi connectivity index (χ4n) is 1.70. The van der Waals surface area contributed by atoms with Crippen LogP contribution in [0.4, 0.5) is 0 Å². The summed E-state index contributed by atoms with van der Waals surface area (Å²) in [4.78, 5) is 0. The van der Waals surface area contributed by atoms with E-state index in [1.54, 1.807) is 11.3 Å². The monoisotopic (exact) mass is 271 g/mol. The fraction of sp³-hybridized carbons (Fsp3) is 0.714. The van der Waals surface area contributed by atoms with Gasteiger partial charge < -0.3 is 15.2 Å². The van der Waals surface area contributed by atoms with Crippen LogP contribution in [0.2, 0.25) is 0 Å². The molecule has 1 aromatic rings. The summed E-state index contributed by atoms with van der Waals surface area (Å²) in [5.41, 5.74) is 7.29. The van der Waals surface area contributed by atoms with Crippen LogP contribution in [0.5, 0.6) is 0 Å². The van der Waals surface area contributed by atoms with E-state index in [1.165, 1.54) is 12.0 Å². The molecule has 0 bridgehead atoms. The van der Waals surface area contributed by atoms with Gasteiger partial charge in [-0.2, -0.15) is 11.3 Å². The van der Waals surface area contributed by atoms with Gasteiger partial charge in [0.25, 0.3) is 0 Å². The van der Waals surface area contributed by atoms with E-state index in [0.717, 1.165) is 19.4 Å². The Hall–Kier alpha value is -0.420. The molecule has 0 saturated carbocycles. The van der Waals surface area contributed by atoms with Gasteiger partial charge in [-0.05, 0) is 35.2 Å². The molecule has 4 heteroatoms. The van der Waals surface area contributed by atoms with Crippen LogP contribution < -0.4 is 5.73 Å². The second-order valence-electron chi connectivity index (χ2n) is 4.39. The first kappa shape index (κ1) is 15.6. The second-order valence-corrected chi connectivity index (χ2v) is 5.17. The maximum atomic E-state index is 6.11. The van der Waals surface area contributed by atoms with E-state index in [2.05, 4.69) is 30.7 Å². The van der Waals surface area contributed by atoms with E-state index in [-0.39, 0.29) is 12.1 Å². The van der Waals surface area contributed by atoms with Crippen LogP contribution in [0, 0.1) is 0 Å². The van der Waals surface area contributed by atoms with Gasteiger partial charge in [0.2, 0.25) is 0 Å². The minimum Gasteiger partial charge on any atom is -0.379 e. The highest BCUT2D eigenvalue weighted by atomic mass is 32.1. The molecular formula is C14H25NO2S. The number of hydrogen-bond donors (Lipinski definition) is 1. The van der Waals surface area contributed by atoms with E-state index in [9.17, 15) is 0 Å². The van der Waals surface area contributed by atoms with Crippen LogP contribution in [-0.4, -0.2) is 25.9 Å². The van der Waals surface area contributed by atoms with Crippen molar-refractivity contribution in [1.82, 2.24) is 0 Å². The zero-order valence-electron chi connectivity index (χ0n) is 11.4.